The van der Waals surface area contributed by atoms with Gasteiger partial charge in [0.2, 0.25) is 0 Å². The van der Waals surface area contributed by atoms with E-state index in [4.69, 9.17) is 0 Å². The van der Waals surface area contributed by atoms with Gasteiger partial charge in [0, 0.05) is 0 Å². The number of hydrogen-bond donors (Lipinski definition) is 0. The lowest BCUT2D eigenvalue weighted by Gasteiger charge is -1.81. The SMILES string of the molecule is C=CCCC=C1CC1C. The highest BCUT2D eigenvalue weighted by atomic mass is 14.3. The fourth-order valence-electron chi connectivity index (χ4n) is 0.966. The molecule has 1 rings (SSSR count). The maximum atomic E-state index is 3.67. The molecule has 0 aromatic heterocycles. The van der Waals surface area contributed by atoms with Gasteiger partial charge in [-0.25, -0.2) is 0 Å². The van der Waals surface area contributed by atoms with E-state index in [2.05, 4.69) is 19.6 Å². The summed E-state index contributed by atoms with van der Waals surface area (Å²) in [4.78, 5) is 0. The number of unbranched alkanes of at least 4 members (excludes halogenated alkanes) is 1. The van der Waals surface area contributed by atoms with Crippen LogP contribution in [0.1, 0.15) is 26.2 Å². The summed E-state index contributed by atoms with van der Waals surface area (Å²) in [6.45, 7) is 5.95. The van der Waals surface area contributed by atoms with Crippen molar-refractivity contribution in [3.63, 3.8) is 0 Å². The molecule has 0 aromatic rings. The average molecular weight is 122 g/mol. The van der Waals surface area contributed by atoms with E-state index in [1.807, 2.05) is 6.08 Å². The fourth-order valence-corrected chi connectivity index (χ4v) is 0.966. The molecular formula is C9H14. The zero-order valence-corrected chi connectivity index (χ0v) is 6.06. The average Bonchev–Trinajstić information content (AvgIpc) is 2.48. The summed E-state index contributed by atoms with van der Waals surface area (Å²) in [5.74, 6) is 0.898. The molecule has 9 heavy (non-hydrogen) atoms. The van der Waals surface area contributed by atoms with Crippen LogP contribution in [0.4, 0.5) is 0 Å². The molecule has 0 spiro atoms. The first-order valence-corrected chi connectivity index (χ1v) is 3.64. The van der Waals surface area contributed by atoms with Crippen LogP contribution >= 0.6 is 0 Å². The molecule has 0 amide bonds. The monoisotopic (exact) mass is 122 g/mol. The lowest BCUT2D eigenvalue weighted by molar-refractivity contribution is 1.00. The Morgan fingerprint density at radius 2 is 2.33 bits per heavy atom. The van der Waals surface area contributed by atoms with Gasteiger partial charge in [0.25, 0.3) is 0 Å². The van der Waals surface area contributed by atoms with Crippen molar-refractivity contribution in [2.45, 2.75) is 26.2 Å². The molecule has 1 saturated carbocycles. The molecule has 0 heteroatoms. The van der Waals surface area contributed by atoms with E-state index in [0.717, 1.165) is 12.3 Å². The predicted octanol–water partition coefficient (Wildman–Crippen LogP) is 2.92. The van der Waals surface area contributed by atoms with Crippen molar-refractivity contribution in [2.24, 2.45) is 5.92 Å². The minimum absolute atomic E-state index is 0.898. The van der Waals surface area contributed by atoms with Crippen LogP contribution < -0.4 is 0 Å². The van der Waals surface area contributed by atoms with Crippen LogP contribution in [-0.2, 0) is 0 Å². The van der Waals surface area contributed by atoms with Crippen LogP contribution in [0.3, 0.4) is 0 Å². The second kappa shape index (κ2) is 2.86. The maximum absolute atomic E-state index is 3.67. The standard InChI is InChI=1S/C9H14/c1-3-4-5-6-9-7-8(9)2/h3,6,8H,1,4-5,7H2,2H3. The van der Waals surface area contributed by atoms with E-state index in [1.165, 1.54) is 12.8 Å². The van der Waals surface area contributed by atoms with Gasteiger partial charge in [0.15, 0.2) is 0 Å². The zero-order valence-electron chi connectivity index (χ0n) is 6.06. The van der Waals surface area contributed by atoms with Crippen LogP contribution in [-0.4, -0.2) is 0 Å². The van der Waals surface area contributed by atoms with Gasteiger partial charge in [-0.1, -0.05) is 24.6 Å². The Morgan fingerprint density at radius 3 is 2.78 bits per heavy atom. The largest absolute Gasteiger partial charge is 0.103 e. The molecule has 0 saturated heterocycles. The van der Waals surface area contributed by atoms with Gasteiger partial charge >= 0.3 is 0 Å². The first-order chi connectivity index (χ1) is 4.34. The summed E-state index contributed by atoms with van der Waals surface area (Å²) in [5, 5.41) is 0. The molecule has 0 N–H and O–H groups in total. The summed E-state index contributed by atoms with van der Waals surface area (Å²) < 4.78 is 0. The van der Waals surface area contributed by atoms with Crippen molar-refractivity contribution in [1.82, 2.24) is 0 Å². The summed E-state index contributed by atoms with van der Waals surface area (Å²) >= 11 is 0. The molecule has 0 radical (unpaired) electrons. The molecule has 50 valence electrons. The highest BCUT2D eigenvalue weighted by Gasteiger charge is 2.22. The van der Waals surface area contributed by atoms with E-state index in [0.29, 0.717) is 0 Å². The van der Waals surface area contributed by atoms with E-state index >= 15 is 0 Å². The van der Waals surface area contributed by atoms with Crippen molar-refractivity contribution in [2.75, 3.05) is 0 Å². The Bertz CT molecular complexity index is 131. The summed E-state index contributed by atoms with van der Waals surface area (Å²) in [6, 6.07) is 0. The van der Waals surface area contributed by atoms with E-state index in [1.54, 1.807) is 5.57 Å². The van der Waals surface area contributed by atoms with Crippen molar-refractivity contribution >= 4 is 0 Å². The molecule has 0 nitrogen and oxygen atoms in total. The molecule has 0 heterocycles. The Hall–Kier alpha value is -0.520. The van der Waals surface area contributed by atoms with Gasteiger partial charge in [-0.15, -0.1) is 6.58 Å². The molecule has 1 aliphatic rings. The predicted molar refractivity (Wildman–Crippen MR) is 41.3 cm³/mol. The van der Waals surface area contributed by atoms with Crippen molar-refractivity contribution in [3.05, 3.63) is 24.3 Å². The van der Waals surface area contributed by atoms with Crippen LogP contribution in [0.25, 0.3) is 0 Å². The minimum atomic E-state index is 0.898. The molecule has 1 atom stereocenters. The van der Waals surface area contributed by atoms with Gasteiger partial charge in [-0.3, -0.25) is 0 Å². The van der Waals surface area contributed by atoms with Crippen molar-refractivity contribution in [3.8, 4) is 0 Å². The van der Waals surface area contributed by atoms with Crippen LogP contribution in [0.15, 0.2) is 24.3 Å². The first kappa shape index (κ1) is 6.60. The normalized spacial score (nSPS) is 28.6. The zero-order chi connectivity index (χ0) is 6.69. The Morgan fingerprint density at radius 1 is 1.67 bits per heavy atom. The third-order valence-electron chi connectivity index (χ3n) is 1.79. The fraction of sp³-hybridized carbons (Fsp3) is 0.556. The second-order valence-electron chi connectivity index (χ2n) is 2.75. The lowest BCUT2D eigenvalue weighted by atomic mass is 10.3. The van der Waals surface area contributed by atoms with E-state index < -0.39 is 0 Å². The lowest BCUT2D eigenvalue weighted by Crippen LogP contribution is -1.62. The Labute approximate surface area is 57.3 Å². The first-order valence-electron chi connectivity index (χ1n) is 3.64. The highest BCUT2D eigenvalue weighted by molar-refractivity contribution is 5.21. The molecule has 0 aliphatic heterocycles. The highest BCUT2D eigenvalue weighted by Crippen LogP contribution is 2.36. The van der Waals surface area contributed by atoms with E-state index in [9.17, 15) is 0 Å². The smallest absolute Gasteiger partial charge is 0.0194 e. The molecule has 1 fully saturated rings. The summed E-state index contributed by atoms with van der Waals surface area (Å²) in [5.41, 5.74) is 1.65. The topological polar surface area (TPSA) is 0 Å². The molecule has 0 aromatic carbocycles. The molecule has 1 aliphatic carbocycles. The molecule has 0 bridgehead atoms. The third kappa shape index (κ3) is 2.05. The van der Waals surface area contributed by atoms with Crippen molar-refractivity contribution < 1.29 is 0 Å². The Kier molecular flexibility index (Phi) is 2.10. The summed E-state index contributed by atoms with van der Waals surface area (Å²) in [7, 11) is 0. The van der Waals surface area contributed by atoms with Crippen molar-refractivity contribution in [1.29, 1.82) is 0 Å². The number of hydrogen-bond acceptors (Lipinski definition) is 0. The minimum Gasteiger partial charge on any atom is -0.103 e. The van der Waals surface area contributed by atoms with Gasteiger partial charge in [0.05, 0.1) is 0 Å². The quantitative estimate of drug-likeness (QED) is 0.399. The van der Waals surface area contributed by atoms with Crippen LogP contribution in [0.5, 0.6) is 0 Å². The van der Waals surface area contributed by atoms with Crippen LogP contribution in [0, 0.1) is 5.92 Å². The Balaban J connectivity index is 2.11. The van der Waals surface area contributed by atoms with Gasteiger partial charge in [-0.2, -0.15) is 0 Å². The van der Waals surface area contributed by atoms with Gasteiger partial charge in [0.1, 0.15) is 0 Å². The van der Waals surface area contributed by atoms with E-state index in [-0.39, 0.29) is 0 Å². The third-order valence-corrected chi connectivity index (χ3v) is 1.79. The van der Waals surface area contributed by atoms with Gasteiger partial charge < -0.3 is 0 Å². The molecule has 1 unspecified atom stereocenters. The molecular weight excluding hydrogens is 108 g/mol. The maximum Gasteiger partial charge on any atom is -0.0194 e. The number of rotatable bonds is 3. The van der Waals surface area contributed by atoms with Gasteiger partial charge in [-0.05, 0) is 25.2 Å². The summed E-state index contributed by atoms with van der Waals surface area (Å²) in [6.07, 6.45) is 8.01. The number of allylic oxidation sites excluding steroid dienone is 3. The van der Waals surface area contributed by atoms with Crippen LogP contribution in [0.2, 0.25) is 0 Å². The second-order valence-corrected chi connectivity index (χ2v) is 2.75.